The van der Waals surface area contributed by atoms with E-state index in [-0.39, 0.29) is 16.3 Å². The van der Waals surface area contributed by atoms with Crippen LogP contribution in [0.3, 0.4) is 0 Å². The molecule has 2 heterocycles. The van der Waals surface area contributed by atoms with E-state index in [1.807, 2.05) is 20.8 Å². The molecule has 5 nitrogen and oxygen atoms in total. The first kappa shape index (κ1) is 20.5. The lowest BCUT2D eigenvalue weighted by molar-refractivity contribution is -0.137. The Kier molecular flexibility index (Phi) is 5.36. The van der Waals surface area contributed by atoms with E-state index < -0.39 is 17.8 Å². The summed E-state index contributed by atoms with van der Waals surface area (Å²) in [4.78, 5) is 14.5. The van der Waals surface area contributed by atoms with Crippen molar-refractivity contribution < 1.29 is 22.5 Å². The lowest BCUT2D eigenvalue weighted by atomic mass is 9.93. The van der Waals surface area contributed by atoms with Gasteiger partial charge in [0.2, 0.25) is 5.91 Å². The molecule has 1 aliphatic rings. The van der Waals surface area contributed by atoms with Gasteiger partial charge in [0.1, 0.15) is 11.8 Å². The molecule has 1 aromatic carbocycles. The highest BCUT2D eigenvalue weighted by Gasteiger charge is 2.35. The molecule has 1 saturated heterocycles. The normalized spacial score (nSPS) is 17.8. The summed E-state index contributed by atoms with van der Waals surface area (Å²) >= 11 is 6.10. The zero-order valence-corrected chi connectivity index (χ0v) is 16.5. The third-order valence-corrected chi connectivity index (χ3v) is 4.94. The summed E-state index contributed by atoms with van der Waals surface area (Å²) in [7, 11) is 0. The molecular formula is C19H21ClF3N3O2. The number of aromatic nitrogens is 1. The monoisotopic (exact) mass is 415 g/mol. The molecule has 0 bridgehead atoms. The van der Waals surface area contributed by atoms with Crippen molar-refractivity contribution in [2.45, 2.75) is 51.2 Å². The average Bonchev–Trinajstić information content (AvgIpc) is 3.22. The molecule has 0 unspecified atom stereocenters. The van der Waals surface area contributed by atoms with E-state index in [4.69, 9.17) is 16.1 Å². The van der Waals surface area contributed by atoms with Crippen molar-refractivity contribution in [3.05, 3.63) is 40.6 Å². The van der Waals surface area contributed by atoms with E-state index in [0.717, 1.165) is 18.6 Å². The van der Waals surface area contributed by atoms with Crippen LogP contribution in [0.2, 0.25) is 5.02 Å². The highest BCUT2D eigenvalue weighted by Crippen LogP contribution is 2.37. The maximum absolute atomic E-state index is 12.9. The van der Waals surface area contributed by atoms with Gasteiger partial charge in [0.15, 0.2) is 5.82 Å². The standard InChI is InChI=1S/C19H21ClF3N3O2/c1-18(2,3)15-10-16(25-28-15)24-17(27)14-5-4-8-26(14)13-7-6-11(9-12(13)20)19(21,22)23/h6-7,9-10,14H,4-5,8H2,1-3H3,(H,24,25,27)/t14-/m0/s1. The molecule has 28 heavy (non-hydrogen) atoms. The van der Waals surface area contributed by atoms with Crippen molar-refractivity contribution in [1.82, 2.24) is 5.16 Å². The van der Waals surface area contributed by atoms with Gasteiger partial charge in [-0.2, -0.15) is 13.2 Å². The summed E-state index contributed by atoms with van der Waals surface area (Å²) in [6.07, 6.45) is -3.18. The largest absolute Gasteiger partial charge is 0.416 e. The van der Waals surface area contributed by atoms with E-state index in [1.54, 1.807) is 11.0 Å². The van der Waals surface area contributed by atoms with Gasteiger partial charge in [-0.05, 0) is 31.0 Å². The van der Waals surface area contributed by atoms with Crippen LogP contribution in [0, 0.1) is 0 Å². The molecule has 1 aliphatic heterocycles. The Bertz CT molecular complexity index is 874. The van der Waals surface area contributed by atoms with Crippen molar-refractivity contribution in [2.24, 2.45) is 0 Å². The van der Waals surface area contributed by atoms with Crippen LogP contribution in [0.1, 0.15) is 44.9 Å². The molecule has 1 fully saturated rings. The second-order valence-corrected chi connectivity index (χ2v) is 8.24. The number of anilines is 2. The van der Waals surface area contributed by atoms with Crippen molar-refractivity contribution in [1.29, 1.82) is 0 Å². The molecule has 1 aromatic heterocycles. The van der Waals surface area contributed by atoms with Crippen LogP contribution in [-0.4, -0.2) is 23.7 Å². The predicted octanol–water partition coefficient (Wildman–Crippen LogP) is 5.25. The number of carbonyl (C=O) groups is 1. The maximum atomic E-state index is 12.9. The third kappa shape index (κ3) is 4.27. The van der Waals surface area contributed by atoms with Gasteiger partial charge in [-0.1, -0.05) is 37.5 Å². The molecule has 1 N–H and O–H groups in total. The number of hydrogen-bond donors (Lipinski definition) is 1. The Morgan fingerprint density at radius 3 is 2.57 bits per heavy atom. The minimum absolute atomic E-state index is 0.0361. The third-order valence-electron chi connectivity index (χ3n) is 4.64. The minimum Gasteiger partial charge on any atom is -0.359 e. The van der Waals surface area contributed by atoms with Crippen molar-refractivity contribution >= 4 is 29.0 Å². The smallest absolute Gasteiger partial charge is 0.359 e. The molecule has 1 amide bonds. The van der Waals surface area contributed by atoms with Gasteiger partial charge in [0.25, 0.3) is 0 Å². The Morgan fingerprint density at radius 1 is 1.29 bits per heavy atom. The van der Waals surface area contributed by atoms with Crippen molar-refractivity contribution in [2.75, 3.05) is 16.8 Å². The first-order valence-corrected chi connectivity index (χ1v) is 9.26. The molecule has 0 radical (unpaired) electrons. The van der Waals surface area contributed by atoms with Gasteiger partial charge in [-0.25, -0.2) is 0 Å². The summed E-state index contributed by atoms with van der Waals surface area (Å²) in [6, 6.07) is 4.29. The average molecular weight is 416 g/mol. The number of carbonyl (C=O) groups excluding carboxylic acids is 1. The van der Waals surface area contributed by atoms with Gasteiger partial charge < -0.3 is 14.7 Å². The number of nitrogens with one attached hydrogen (secondary N) is 1. The van der Waals surface area contributed by atoms with E-state index in [9.17, 15) is 18.0 Å². The molecule has 0 aliphatic carbocycles. The highest BCUT2D eigenvalue weighted by atomic mass is 35.5. The number of hydrogen-bond acceptors (Lipinski definition) is 4. The number of amides is 1. The quantitative estimate of drug-likeness (QED) is 0.743. The van der Waals surface area contributed by atoms with E-state index in [0.29, 0.717) is 30.2 Å². The van der Waals surface area contributed by atoms with E-state index in [1.165, 1.54) is 6.07 Å². The lowest BCUT2D eigenvalue weighted by Crippen LogP contribution is -2.40. The molecular weight excluding hydrogens is 395 g/mol. The van der Waals surface area contributed by atoms with Crippen molar-refractivity contribution in [3.63, 3.8) is 0 Å². The first-order chi connectivity index (χ1) is 13.0. The van der Waals surface area contributed by atoms with Crippen LogP contribution in [-0.2, 0) is 16.4 Å². The number of alkyl halides is 3. The fourth-order valence-electron chi connectivity index (χ4n) is 3.14. The van der Waals surface area contributed by atoms with Gasteiger partial charge in [-0.15, -0.1) is 0 Å². The number of benzene rings is 1. The van der Waals surface area contributed by atoms with Gasteiger partial charge in [0.05, 0.1) is 16.3 Å². The van der Waals surface area contributed by atoms with Crippen LogP contribution in [0.15, 0.2) is 28.8 Å². The molecule has 0 spiro atoms. The summed E-state index contributed by atoms with van der Waals surface area (Å²) in [5.41, 5.74) is -0.662. The Hall–Kier alpha value is -2.22. The maximum Gasteiger partial charge on any atom is 0.416 e. The minimum atomic E-state index is -4.47. The Labute approximate surface area is 165 Å². The van der Waals surface area contributed by atoms with Crippen LogP contribution in [0.25, 0.3) is 0 Å². The Balaban J connectivity index is 1.77. The molecule has 3 rings (SSSR count). The van der Waals surface area contributed by atoms with Gasteiger partial charge in [0, 0.05) is 18.0 Å². The van der Waals surface area contributed by atoms with Crippen LogP contribution in [0.4, 0.5) is 24.7 Å². The Morgan fingerprint density at radius 2 is 2.00 bits per heavy atom. The number of halogens is 4. The topological polar surface area (TPSA) is 58.4 Å². The highest BCUT2D eigenvalue weighted by molar-refractivity contribution is 6.33. The summed E-state index contributed by atoms with van der Waals surface area (Å²) in [5.74, 6) is 0.638. The molecule has 9 heteroatoms. The zero-order chi connectivity index (χ0) is 20.7. The number of nitrogens with zero attached hydrogens (tertiary/aromatic N) is 2. The fourth-order valence-corrected chi connectivity index (χ4v) is 3.43. The lowest BCUT2D eigenvalue weighted by Gasteiger charge is -2.27. The van der Waals surface area contributed by atoms with Crippen molar-refractivity contribution in [3.8, 4) is 0 Å². The molecule has 1 atom stereocenters. The summed E-state index contributed by atoms with van der Waals surface area (Å²) < 4.78 is 43.8. The summed E-state index contributed by atoms with van der Waals surface area (Å²) in [6.45, 7) is 6.41. The second kappa shape index (κ2) is 7.31. The predicted molar refractivity (Wildman–Crippen MR) is 101 cm³/mol. The first-order valence-electron chi connectivity index (χ1n) is 8.88. The number of rotatable bonds is 3. The molecule has 152 valence electrons. The van der Waals surface area contributed by atoms with E-state index >= 15 is 0 Å². The van der Waals surface area contributed by atoms with E-state index in [2.05, 4.69) is 10.5 Å². The van der Waals surface area contributed by atoms with Crippen LogP contribution in [0.5, 0.6) is 0 Å². The summed E-state index contributed by atoms with van der Waals surface area (Å²) in [5, 5.41) is 6.56. The molecule has 0 saturated carbocycles. The van der Waals surface area contributed by atoms with Gasteiger partial charge >= 0.3 is 6.18 Å². The molecule has 2 aromatic rings. The zero-order valence-electron chi connectivity index (χ0n) is 15.7. The SMILES string of the molecule is CC(C)(C)c1cc(NC(=O)[C@@H]2CCCN2c2ccc(C(F)(F)F)cc2Cl)no1. The van der Waals surface area contributed by atoms with Gasteiger partial charge in [-0.3, -0.25) is 4.79 Å². The van der Waals surface area contributed by atoms with Crippen LogP contribution >= 0.6 is 11.6 Å². The second-order valence-electron chi connectivity index (χ2n) is 7.83. The van der Waals surface area contributed by atoms with Crippen LogP contribution < -0.4 is 10.2 Å². The fraction of sp³-hybridized carbons (Fsp3) is 0.474.